The van der Waals surface area contributed by atoms with Crippen LogP contribution in [0.3, 0.4) is 0 Å². The number of aromatic nitrogens is 2. The lowest BCUT2D eigenvalue weighted by molar-refractivity contribution is 0.0497. The molecule has 7 heteroatoms. The van der Waals surface area contributed by atoms with Gasteiger partial charge in [0.25, 0.3) is 0 Å². The number of ether oxygens (including phenoxy) is 1. The number of benzene rings is 2. The predicted molar refractivity (Wildman–Crippen MR) is 120 cm³/mol. The summed E-state index contributed by atoms with van der Waals surface area (Å²) < 4.78 is 18.7. The monoisotopic (exact) mass is 422 g/mol. The molecule has 0 unspecified atom stereocenters. The fourth-order valence-electron chi connectivity index (χ4n) is 3.85. The summed E-state index contributed by atoms with van der Waals surface area (Å²) in [6.45, 7) is 7.09. The second kappa shape index (κ2) is 8.49. The Kier molecular flexibility index (Phi) is 5.76. The lowest BCUT2D eigenvalue weighted by atomic mass is 10.0. The number of fused-ring (bicyclic) bond motifs is 1. The average Bonchev–Trinajstić information content (AvgIpc) is 2.73. The van der Waals surface area contributed by atoms with Gasteiger partial charge in [0.2, 0.25) is 0 Å². The highest BCUT2D eigenvalue weighted by Gasteiger charge is 2.25. The van der Waals surface area contributed by atoms with E-state index in [1.807, 2.05) is 45.0 Å². The molecule has 1 aliphatic rings. The third kappa shape index (κ3) is 4.93. The zero-order valence-electron chi connectivity index (χ0n) is 18.1. The first-order valence-electron chi connectivity index (χ1n) is 10.6. The number of carbonyl (C=O) groups excluding carboxylic acids is 1. The van der Waals surface area contributed by atoms with Crippen LogP contribution in [-0.4, -0.2) is 41.0 Å². The smallest absolute Gasteiger partial charge is 0.407 e. The Hall–Kier alpha value is -3.22. The van der Waals surface area contributed by atoms with Crippen LogP contribution in [0.15, 0.2) is 48.5 Å². The molecule has 1 saturated heterocycles. The number of rotatable bonds is 3. The number of nitrogens with one attached hydrogen (secondary N) is 1. The number of piperidine rings is 1. The molecule has 0 radical (unpaired) electrons. The number of nitrogens with zero attached hydrogens (tertiary/aromatic N) is 3. The number of halogens is 1. The number of anilines is 1. The molecule has 1 amide bonds. The maximum absolute atomic E-state index is 13.3. The molecule has 0 saturated carbocycles. The summed E-state index contributed by atoms with van der Waals surface area (Å²) in [6, 6.07) is 14.4. The minimum absolute atomic E-state index is 0.0730. The largest absolute Gasteiger partial charge is 0.444 e. The molecule has 6 nitrogen and oxygen atoms in total. The van der Waals surface area contributed by atoms with Crippen LogP contribution in [0.1, 0.15) is 33.6 Å². The molecular formula is C24H27FN4O2. The van der Waals surface area contributed by atoms with E-state index in [1.54, 1.807) is 12.1 Å². The Morgan fingerprint density at radius 1 is 1.03 bits per heavy atom. The maximum atomic E-state index is 13.3. The number of hydrogen-bond acceptors (Lipinski definition) is 5. The van der Waals surface area contributed by atoms with E-state index in [2.05, 4.69) is 20.4 Å². The average molecular weight is 423 g/mol. The van der Waals surface area contributed by atoms with E-state index in [0.29, 0.717) is 0 Å². The zero-order chi connectivity index (χ0) is 22.0. The normalized spacial score (nSPS) is 15.2. The van der Waals surface area contributed by atoms with E-state index in [9.17, 15) is 9.18 Å². The predicted octanol–water partition coefficient (Wildman–Crippen LogP) is 4.93. The fraction of sp³-hybridized carbons (Fsp3) is 0.375. The summed E-state index contributed by atoms with van der Waals surface area (Å²) in [4.78, 5) is 14.3. The molecule has 0 spiro atoms. The third-order valence-electron chi connectivity index (χ3n) is 5.30. The first-order valence-corrected chi connectivity index (χ1v) is 10.6. The minimum Gasteiger partial charge on any atom is -0.444 e. The van der Waals surface area contributed by atoms with Gasteiger partial charge >= 0.3 is 6.09 Å². The van der Waals surface area contributed by atoms with Crippen LogP contribution in [0.25, 0.3) is 22.0 Å². The van der Waals surface area contributed by atoms with Gasteiger partial charge in [-0.05, 0) is 57.9 Å². The van der Waals surface area contributed by atoms with E-state index in [0.717, 1.165) is 53.8 Å². The number of amides is 1. The van der Waals surface area contributed by atoms with Gasteiger partial charge in [-0.25, -0.2) is 9.18 Å². The van der Waals surface area contributed by atoms with Crippen molar-refractivity contribution in [1.29, 1.82) is 0 Å². The summed E-state index contributed by atoms with van der Waals surface area (Å²) in [7, 11) is 0. The van der Waals surface area contributed by atoms with Crippen LogP contribution in [0.5, 0.6) is 0 Å². The van der Waals surface area contributed by atoms with Crippen molar-refractivity contribution in [2.75, 3.05) is 18.0 Å². The molecule has 0 bridgehead atoms. The van der Waals surface area contributed by atoms with Crippen molar-refractivity contribution >= 4 is 22.7 Å². The molecule has 0 aliphatic carbocycles. The first kappa shape index (κ1) is 21.0. The van der Waals surface area contributed by atoms with Crippen LogP contribution in [0.4, 0.5) is 15.0 Å². The molecule has 2 heterocycles. The van der Waals surface area contributed by atoms with Gasteiger partial charge in [-0.1, -0.05) is 24.3 Å². The topological polar surface area (TPSA) is 67.3 Å². The summed E-state index contributed by atoms with van der Waals surface area (Å²) in [5, 5.41) is 14.0. The molecule has 1 aliphatic heterocycles. The van der Waals surface area contributed by atoms with Crippen molar-refractivity contribution < 1.29 is 13.9 Å². The summed E-state index contributed by atoms with van der Waals surface area (Å²) >= 11 is 0. The molecule has 31 heavy (non-hydrogen) atoms. The molecule has 4 rings (SSSR count). The molecule has 162 valence electrons. The zero-order valence-corrected chi connectivity index (χ0v) is 18.1. The van der Waals surface area contributed by atoms with Crippen LogP contribution < -0.4 is 10.2 Å². The van der Waals surface area contributed by atoms with Gasteiger partial charge in [0.15, 0.2) is 5.82 Å². The van der Waals surface area contributed by atoms with Gasteiger partial charge in [-0.2, -0.15) is 0 Å². The SMILES string of the molecule is CC(C)(C)OC(=O)NC1CCN(c2nnc(-c3ccc(F)cc3)c3ccccc23)CC1. The highest BCUT2D eigenvalue weighted by atomic mass is 19.1. The lowest BCUT2D eigenvalue weighted by Gasteiger charge is -2.33. The van der Waals surface area contributed by atoms with Crippen LogP contribution in [0.2, 0.25) is 0 Å². The molecular weight excluding hydrogens is 395 g/mol. The van der Waals surface area contributed by atoms with Gasteiger partial charge in [0.1, 0.15) is 17.1 Å². The van der Waals surface area contributed by atoms with Crippen molar-refractivity contribution in [1.82, 2.24) is 15.5 Å². The summed E-state index contributed by atoms with van der Waals surface area (Å²) in [6.07, 6.45) is 1.23. The summed E-state index contributed by atoms with van der Waals surface area (Å²) in [5.41, 5.74) is 1.06. The standard InChI is InChI=1S/C24H27FN4O2/c1-24(2,3)31-23(30)26-18-12-14-29(15-13-18)22-20-7-5-4-6-19(20)21(27-28-22)16-8-10-17(25)11-9-16/h4-11,18H,12-15H2,1-3H3,(H,26,30). The van der Waals surface area contributed by atoms with Crippen LogP contribution >= 0.6 is 0 Å². The minimum atomic E-state index is -0.508. The van der Waals surface area contributed by atoms with Crippen molar-refractivity contribution in [3.05, 3.63) is 54.3 Å². The van der Waals surface area contributed by atoms with Gasteiger partial charge in [0.05, 0.1) is 0 Å². The second-order valence-electron chi connectivity index (χ2n) is 8.83. The van der Waals surface area contributed by atoms with Crippen molar-refractivity contribution in [2.45, 2.75) is 45.3 Å². The van der Waals surface area contributed by atoms with E-state index in [1.165, 1.54) is 12.1 Å². The highest BCUT2D eigenvalue weighted by Crippen LogP contribution is 2.32. The highest BCUT2D eigenvalue weighted by molar-refractivity contribution is 6.00. The van der Waals surface area contributed by atoms with E-state index in [4.69, 9.17) is 4.74 Å². The van der Waals surface area contributed by atoms with Gasteiger partial charge in [-0.3, -0.25) is 0 Å². The van der Waals surface area contributed by atoms with E-state index < -0.39 is 5.60 Å². The van der Waals surface area contributed by atoms with Crippen LogP contribution in [0, 0.1) is 5.82 Å². The molecule has 2 aromatic carbocycles. The summed E-state index contributed by atoms with van der Waals surface area (Å²) in [5.74, 6) is 0.553. The van der Waals surface area contributed by atoms with Crippen molar-refractivity contribution in [2.24, 2.45) is 0 Å². The fourth-order valence-corrected chi connectivity index (χ4v) is 3.85. The number of alkyl carbamates (subject to hydrolysis) is 1. The first-order chi connectivity index (χ1) is 14.8. The lowest BCUT2D eigenvalue weighted by Crippen LogP contribution is -2.46. The maximum Gasteiger partial charge on any atom is 0.407 e. The van der Waals surface area contributed by atoms with Crippen molar-refractivity contribution in [3.63, 3.8) is 0 Å². The Morgan fingerprint density at radius 2 is 1.68 bits per heavy atom. The number of carbonyl (C=O) groups is 1. The molecule has 1 N–H and O–H groups in total. The van der Waals surface area contributed by atoms with Crippen molar-refractivity contribution in [3.8, 4) is 11.3 Å². The Morgan fingerprint density at radius 3 is 2.32 bits per heavy atom. The number of hydrogen-bond donors (Lipinski definition) is 1. The van der Waals surface area contributed by atoms with Gasteiger partial charge < -0.3 is 15.0 Å². The Balaban J connectivity index is 1.52. The van der Waals surface area contributed by atoms with Gasteiger partial charge in [-0.15, -0.1) is 10.2 Å². The molecule has 1 aromatic heterocycles. The van der Waals surface area contributed by atoms with Gasteiger partial charge in [0, 0.05) is 35.5 Å². The van der Waals surface area contributed by atoms with E-state index in [-0.39, 0.29) is 18.0 Å². The second-order valence-corrected chi connectivity index (χ2v) is 8.83. The Labute approximate surface area is 181 Å². The van der Waals surface area contributed by atoms with E-state index >= 15 is 0 Å². The molecule has 3 aromatic rings. The third-order valence-corrected chi connectivity index (χ3v) is 5.30. The molecule has 0 atom stereocenters. The van der Waals surface area contributed by atoms with Crippen LogP contribution in [-0.2, 0) is 4.74 Å². The molecule has 1 fully saturated rings. The Bertz CT molecular complexity index is 1070. The quantitative estimate of drug-likeness (QED) is 0.648.